The van der Waals surface area contributed by atoms with Crippen LogP contribution in [-0.2, 0) is 0 Å². The molecule has 4 aromatic rings. The summed E-state index contributed by atoms with van der Waals surface area (Å²) < 4.78 is 18.1. The Balaban J connectivity index is 1.63. The standard InChI is InChI=1S/C21H16ClN3O3/c1-26-16-6-2-13(3-7-16)20-21(25-11-14(22)4-9-19(25)24-20)23-15-5-8-17-18(10-15)28-12-27-17/h2-11,23H,12H2,1H3. The van der Waals surface area contributed by atoms with Gasteiger partial charge in [-0.3, -0.25) is 4.40 Å². The molecule has 1 aliphatic rings. The Morgan fingerprint density at radius 3 is 2.68 bits per heavy atom. The van der Waals surface area contributed by atoms with E-state index in [-0.39, 0.29) is 6.79 Å². The summed E-state index contributed by atoms with van der Waals surface area (Å²) in [6, 6.07) is 17.2. The van der Waals surface area contributed by atoms with Crippen LogP contribution in [0.4, 0.5) is 11.5 Å². The maximum absolute atomic E-state index is 6.24. The zero-order valence-electron chi connectivity index (χ0n) is 15.0. The van der Waals surface area contributed by atoms with Crippen LogP contribution in [0.5, 0.6) is 17.2 Å². The van der Waals surface area contributed by atoms with E-state index in [1.54, 1.807) is 7.11 Å². The maximum atomic E-state index is 6.24. The Morgan fingerprint density at radius 1 is 1.04 bits per heavy atom. The Morgan fingerprint density at radius 2 is 1.86 bits per heavy atom. The number of nitrogens with zero attached hydrogens (tertiary/aromatic N) is 2. The molecule has 0 atom stereocenters. The third kappa shape index (κ3) is 2.88. The molecule has 140 valence electrons. The number of hydrogen-bond acceptors (Lipinski definition) is 5. The lowest BCUT2D eigenvalue weighted by Crippen LogP contribution is -1.97. The Hall–Kier alpha value is -3.38. The van der Waals surface area contributed by atoms with Gasteiger partial charge in [-0.25, -0.2) is 4.98 Å². The van der Waals surface area contributed by atoms with Gasteiger partial charge in [-0.05, 0) is 48.5 Å². The molecule has 0 spiro atoms. The molecule has 7 heteroatoms. The number of halogens is 1. The van der Waals surface area contributed by atoms with Crippen LogP contribution in [0, 0.1) is 0 Å². The van der Waals surface area contributed by atoms with Crippen molar-refractivity contribution in [1.82, 2.24) is 9.38 Å². The summed E-state index contributed by atoms with van der Waals surface area (Å²) in [5.41, 5.74) is 3.42. The molecule has 0 bridgehead atoms. The van der Waals surface area contributed by atoms with Crippen LogP contribution in [0.2, 0.25) is 5.02 Å². The highest BCUT2D eigenvalue weighted by atomic mass is 35.5. The highest BCUT2D eigenvalue weighted by Gasteiger charge is 2.17. The molecular formula is C21H16ClN3O3. The van der Waals surface area contributed by atoms with Gasteiger partial charge in [0.1, 0.15) is 22.9 Å². The monoisotopic (exact) mass is 393 g/mol. The number of aromatic nitrogens is 2. The molecule has 0 radical (unpaired) electrons. The zero-order chi connectivity index (χ0) is 19.1. The molecule has 6 nitrogen and oxygen atoms in total. The average Bonchev–Trinajstić information content (AvgIpc) is 3.32. The van der Waals surface area contributed by atoms with Crippen LogP contribution in [0.15, 0.2) is 60.8 Å². The van der Waals surface area contributed by atoms with E-state index >= 15 is 0 Å². The average molecular weight is 394 g/mol. The van der Waals surface area contributed by atoms with Crippen LogP contribution < -0.4 is 19.5 Å². The second-order valence-corrected chi connectivity index (χ2v) is 6.74. The Kier molecular flexibility index (Phi) is 3.98. The van der Waals surface area contributed by atoms with Gasteiger partial charge in [0.2, 0.25) is 6.79 Å². The number of pyridine rings is 1. The molecule has 0 saturated heterocycles. The third-order valence-corrected chi connectivity index (χ3v) is 4.80. The van der Waals surface area contributed by atoms with Crippen molar-refractivity contribution in [3.63, 3.8) is 0 Å². The van der Waals surface area contributed by atoms with Crippen molar-refractivity contribution >= 4 is 28.8 Å². The predicted molar refractivity (Wildman–Crippen MR) is 108 cm³/mol. The van der Waals surface area contributed by atoms with Crippen LogP contribution >= 0.6 is 11.6 Å². The molecule has 2 aromatic heterocycles. The van der Waals surface area contributed by atoms with Gasteiger partial charge in [0.05, 0.1) is 12.1 Å². The SMILES string of the molecule is COc1ccc(-c2nc3ccc(Cl)cn3c2Nc2ccc3c(c2)OCO3)cc1. The molecule has 1 aliphatic heterocycles. The molecule has 0 fully saturated rings. The van der Waals surface area contributed by atoms with Crippen molar-refractivity contribution in [2.45, 2.75) is 0 Å². The lowest BCUT2D eigenvalue weighted by molar-refractivity contribution is 0.174. The summed E-state index contributed by atoms with van der Waals surface area (Å²) in [6.45, 7) is 0.237. The normalized spacial score (nSPS) is 12.4. The van der Waals surface area contributed by atoms with Gasteiger partial charge < -0.3 is 19.5 Å². The van der Waals surface area contributed by atoms with Gasteiger partial charge in [-0.2, -0.15) is 0 Å². The van der Waals surface area contributed by atoms with Gasteiger partial charge >= 0.3 is 0 Å². The van der Waals surface area contributed by atoms with Gasteiger partial charge in [-0.1, -0.05) is 11.6 Å². The smallest absolute Gasteiger partial charge is 0.231 e. The summed E-state index contributed by atoms with van der Waals surface area (Å²) in [7, 11) is 1.65. The quantitative estimate of drug-likeness (QED) is 0.520. The molecule has 2 aromatic carbocycles. The van der Waals surface area contributed by atoms with Crippen LogP contribution in [0.1, 0.15) is 0 Å². The lowest BCUT2D eigenvalue weighted by Gasteiger charge is -2.10. The molecule has 3 heterocycles. The zero-order valence-corrected chi connectivity index (χ0v) is 15.7. The first-order valence-corrected chi connectivity index (χ1v) is 9.08. The van der Waals surface area contributed by atoms with Gasteiger partial charge in [-0.15, -0.1) is 0 Å². The minimum atomic E-state index is 0.237. The second kappa shape index (κ2) is 6.65. The van der Waals surface area contributed by atoms with Gasteiger partial charge in [0.25, 0.3) is 0 Å². The number of anilines is 2. The van der Waals surface area contributed by atoms with E-state index in [9.17, 15) is 0 Å². The highest BCUT2D eigenvalue weighted by molar-refractivity contribution is 6.30. The lowest BCUT2D eigenvalue weighted by atomic mass is 10.1. The first kappa shape index (κ1) is 16.8. The predicted octanol–water partition coefficient (Wildman–Crippen LogP) is 5.14. The third-order valence-electron chi connectivity index (χ3n) is 4.58. The number of fused-ring (bicyclic) bond motifs is 2. The van der Waals surface area contributed by atoms with Gasteiger partial charge in [0.15, 0.2) is 11.5 Å². The number of ether oxygens (including phenoxy) is 3. The van der Waals surface area contributed by atoms with Crippen molar-refractivity contribution in [1.29, 1.82) is 0 Å². The first-order valence-electron chi connectivity index (χ1n) is 8.70. The fraction of sp³-hybridized carbons (Fsp3) is 0.0952. The van der Waals surface area contributed by atoms with Crippen LogP contribution in [0.3, 0.4) is 0 Å². The first-order chi connectivity index (χ1) is 13.7. The van der Waals surface area contributed by atoms with E-state index in [1.807, 2.05) is 65.2 Å². The maximum Gasteiger partial charge on any atom is 0.231 e. The van der Waals surface area contributed by atoms with Gasteiger partial charge in [0, 0.05) is 23.5 Å². The second-order valence-electron chi connectivity index (χ2n) is 6.31. The van der Waals surface area contributed by atoms with E-state index in [1.165, 1.54) is 0 Å². The molecule has 0 amide bonds. The molecule has 0 saturated carbocycles. The van der Waals surface area contributed by atoms with E-state index in [4.69, 9.17) is 30.8 Å². The molecule has 1 N–H and O–H groups in total. The Labute approximate surface area is 166 Å². The fourth-order valence-corrected chi connectivity index (χ4v) is 3.36. The summed E-state index contributed by atoms with van der Waals surface area (Å²) in [4.78, 5) is 4.79. The fourth-order valence-electron chi connectivity index (χ4n) is 3.20. The van der Waals surface area contributed by atoms with Crippen LogP contribution in [0.25, 0.3) is 16.9 Å². The van der Waals surface area contributed by atoms with Crippen LogP contribution in [-0.4, -0.2) is 23.3 Å². The summed E-state index contributed by atoms with van der Waals surface area (Å²) in [5.74, 6) is 3.05. The summed E-state index contributed by atoms with van der Waals surface area (Å²) in [6.07, 6.45) is 1.84. The number of benzene rings is 2. The number of hydrogen-bond donors (Lipinski definition) is 1. The van der Waals surface area contributed by atoms with Crippen molar-refractivity contribution in [2.24, 2.45) is 0 Å². The minimum absolute atomic E-state index is 0.237. The van der Waals surface area contributed by atoms with Crippen molar-refractivity contribution < 1.29 is 14.2 Å². The number of methoxy groups -OCH3 is 1. The number of imidazole rings is 1. The largest absolute Gasteiger partial charge is 0.497 e. The molecule has 0 unspecified atom stereocenters. The molecule has 5 rings (SSSR count). The molecular weight excluding hydrogens is 378 g/mol. The van der Waals surface area contributed by atoms with E-state index < -0.39 is 0 Å². The van der Waals surface area contributed by atoms with E-state index in [2.05, 4.69) is 5.32 Å². The van der Waals surface area contributed by atoms with Crippen molar-refractivity contribution in [2.75, 3.05) is 19.2 Å². The topological polar surface area (TPSA) is 57.0 Å². The molecule has 28 heavy (non-hydrogen) atoms. The summed E-state index contributed by atoms with van der Waals surface area (Å²) >= 11 is 6.24. The minimum Gasteiger partial charge on any atom is -0.497 e. The number of rotatable bonds is 4. The molecule has 0 aliphatic carbocycles. The Bertz CT molecular complexity index is 1170. The van der Waals surface area contributed by atoms with Crippen molar-refractivity contribution in [3.05, 3.63) is 65.8 Å². The van der Waals surface area contributed by atoms with Crippen molar-refractivity contribution in [3.8, 4) is 28.5 Å². The number of nitrogens with one attached hydrogen (secondary N) is 1. The van der Waals surface area contributed by atoms with E-state index in [0.717, 1.165) is 39.9 Å². The summed E-state index contributed by atoms with van der Waals surface area (Å²) in [5, 5.41) is 4.08. The van der Waals surface area contributed by atoms with E-state index in [0.29, 0.717) is 10.8 Å². The highest BCUT2D eigenvalue weighted by Crippen LogP contribution is 2.37.